The first-order valence-corrected chi connectivity index (χ1v) is 16.3. The molecule has 11 aromatic rings. The quantitative estimate of drug-likeness (QED) is 0.195. The molecule has 228 valence electrons. The fourth-order valence-electron chi connectivity index (χ4n) is 7.54. The SMILES string of the molecule is c1ccc2cc3c(cc2c1)c1ccccc1n3-c1nc(-c2ccncc2)c2c(n1)oc1cc(-c3cccc4oc5ccccc5c34)ccc12. The van der Waals surface area contributed by atoms with Crippen LogP contribution in [0.5, 0.6) is 0 Å². The summed E-state index contributed by atoms with van der Waals surface area (Å²) in [5.41, 5.74) is 8.94. The van der Waals surface area contributed by atoms with E-state index in [1.54, 1.807) is 12.4 Å². The molecule has 0 aliphatic carbocycles. The van der Waals surface area contributed by atoms with Crippen LogP contribution in [0.25, 0.3) is 105 Å². The highest BCUT2D eigenvalue weighted by Crippen LogP contribution is 2.41. The van der Waals surface area contributed by atoms with Gasteiger partial charge in [0.2, 0.25) is 11.7 Å². The van der Waals surface area contributed by atoms with E-state index in [9.17, 15) is 0 Å². The maximum Gasteiger partial charge on any atom is 0.238 e. The second-order valence-electron chi connectivity index (χ2n) is 12.4. The summed E-state index contributed by atoms with van der Waals surface area (Å²) in [6.45, 7) is 0. The average molecular weight is 629 g/mol. The normalized spacial score (nSPS) is 12.1. The molecule has 11 rings (SSSR count). The van der Waals surface area contributed by atoms with Gasteiger partial charge in [-0.25, -0.2) is 4.98 Å². The van der Waals surface area contributed by atoms with Gasteiger partial charge in [0.1, 0.15) is 16.7 Å². The van der Waals surface area contributed by atoms with E-state index in [0.29, 0.717) is 11.7 Å². The van der Waals surface area contributed by atoms with Crippen molar-refractivity contribution in [2.45, 2.75) is 0 Å². The molecule has 0 aliphatic heterocycles. The molecule has 0 bridgehead atoms. The molecule has 0 N–H and O–H groups in total. The molecule has 5 heterocycles. The molecule has 0 unspecified atom stereocenters. The van der Waals surface area contributed by atoms with Crippen molar-refractivity contribution in [3.8, 4) is 28.3 Å². The van der Waals surface area contributed by atoms with Crippen molar-refractivity contribution < 1.29 is 8.83 Å². The summed E-state index contributed by atoms with van der Waals surface area (Å²) >= 11 is 0. The summed E-state index contributed by atoms with van der Waals surface area (Å²) in [6.07, 6.45) is 3.59. The Morgan fingerprint density at radius 1 is 0.469 bits per heavy atom. The van der Waals surface area contributed by atoms with Gasteiger partial charge in [0.25, 0.3) is 0 Å². The number of aromatic nitrogens is 4. The van der Waals surface area contributed by atoms with Crippen LogP contribution in [0.4, 0.5) is 0 Å². The van der Waals surface area contributed by atoms with Gasteiger partial charge in [-0.1, -0.05) is 78.9 Å². The first-order valence-electron chi connectivity index (χ1n) is 16.3. The molecule has 6 heteroatoms. The summed E-state index contributed by atoms with van der Waals surface area (Å²) in [5, 5.41) is 8.65. The first-order chi connectivity index (χ1) is 24.3. The predicted octanol–water partition coefficient (Wildman–Crippen LogP) is 11.3. The number of hydrogen-bond donors (Lipinski definition) is 0. The van der Waals surface area contributed by atoms with Crippen LogP contribution in [0.2, 0.25) is 0 Å². The van der Waals surface area contributed by atoms with Crippen molar-refractivity contribution >= 4 is 76.6 Å². The van der Waals surface area contributed by atoms with E-state index in [2.05, 4.69) is 101 Å². The lowest BCUT2D eigenvalue weighted by Gasteiger charge is -2.10. The predicted molar refractivity (Wildman–Crippen MR) is 197 cm³/mol. The van der Waals surface area contributed by atoms with Crippen LogP contribution in [0.1, 0.15) is 0 Å². The van der Waals surface area contributed by atoms with E-state index in [-0.39, 0.29) is 0 Å². The molecule has 0 atom stereocenters. The summed E-state index contributed by atoms with van der Waals surface area (Å²) < 4.78 is 15.0. The molecule has 0 radical (unpaired) electrons. The number of pyridine rings is 1. The van der Waals surface area contributed by atoms with Gasteiger partial charge in [-0.05, 0) is 76.5 Å². The monoisotopic (exact) mass is 628 g/mol. The highest BCUT2D eigenvalue weighted by Gasteiger charge is 2.22. The minimum Gasteiger partial charge on any atom is -0.456 e. The van der Waals surface area contributed by atoms with E-state index in [0.717, 1.165) is 87.9 Å². The Morgan fingerprint density at radius 2 is 1.22 bits per heavy atom. The number of nitrogens with zero attached hydrogens (tertiary/aromatic N) is 4. The van der Waals surface area contributed by atoms with Gasteiger partial charge >= 0.3 is 0 Å². The largest absolute Gasteiger partial charge is 0.456 e. The van der Waals surface area contributed by atoms with E-state index < -0.39 is 0 Å². The van der Waals surface area contributed by atoms with Crippen molar-refractivity contribution in [3.63, 3.8) is 0 Å². The zero-order chi connectivity index (χ0) is 32.1. The van der Waals surface area contributed by atoms with Gasteiger partial charge in [0, 0.05) is 44.9 Å². The summed E-state index contributed by atoms with van der Waals surface area (Å²) in [5.74, 6) is 0.551. The molecule has 49 heavy (non-hydrogen) atoms. The Labute approximate surface area is 278 Å². The molecular weight excluding hydrogens is 604 g/mol. The molecule has 0 fully saturated rings. The molecule has 0 spiro atoms. The highest BCUT2D eigenvalue weighted by molar-refractivity contribution is 6.16. The van der Waals surface area contributed by atoms with Gasteiger partial charge < -0.3 is 8.83 Å². The van der Waals surface area contributed by atoms with Crippen LogP contribution in [-0.2, 0) is 0 Å². The van der Waals surface area contributed by atoms with Crippen molar-refractivity contribution in [1.82, 2.24) is 19.5 Å². The Balaban J connectivity index is 1.20. The summed E-state index contributed by atoms with van der Waals surface area (Å²) in [7, 11) is 0. The smallest absolute Gasteiger partial charge is 0.238 e. The van der Waals surface area contributed by atoms with E-state index in [4.69, 9.17) is 18.8 Å². The van der Waals surface area contributed by atoms with Crippen LogP contribution in [-0.4, -0.2) is 19.5 Å². The maximum absolute atomic E-state index is 6.69. The minimum absolute atomic E-state index is 0.530. The zero-order valence-electron chi connectivity index (χ0n) is 26.0. The zero-order valence-corrected chi connectivity index (χ0v) is 26.0. The van der Waals surface area contributed by atoms with Crippen molar-refractivity contribution in [2.24, 2.45) is 0 Å². The topological polar surface area (TPSA) is 69.9 Å². The van der Waals surface area contributed by atoms with Gasteiger partial charge in [0.05, 0.1) is 22.1 Å². The fraction of sp³-hybridized carbons (Fsp3) is 0. The van der Waals surface area contributed by atoms with E-state index in [1.807, 2.05) is 42.5 Å². The van der Waals surface area contributed by atoms with Crippen LogP contribution < -0.4 is 0 Å². The Bertz CT molecular complexity index is 3120. The van der Waals surface area contributed by atoms with Gasteiger partial charge in [0.15, 0.2) is 0 Å². The number of fused-ring (bicyclic) bond motifs is 10. The van der Waals surface area contributed by atoms with E-state index in [1.165, 1.54) is 5.39 Å². The molecule has 0 amide bonds. The second-order valence-corrected chi connectivity index (χ2v) is 12.4. The van der Waals surface area contributed by atoms with Crippen LogP contribution in [0.3, 0.4) is 0 Å². The molecule has 6 aromatic carbocycles. The number of benzene rings is 6. The maximum atomic E-state index is 6.69. The number of furan rings is 2. The third kappa shape index (κ3) is 3.79. The Morgan fingerprint density at radius 3 is 2.12 bits per heavy atom. The van der Waals surface area contributed by atoms with Crippen LogP contribution in [0.15, 0.2) is 155 Å². The van der Waals surface area contributed by atoms with Crippen molar-refractivity contribution in [3.05, 3.63) is 146 Å². The molecule has 0 saturated heterocycles. The van der Waals surface area contributed by atoms with Gasteiger partial charge in [-0.15, -0.1) is 0 Å². The lowest BCUT2D eigenvalue weighted by atomic mass is 9.98. The molecule has 6 nitrogen and oxygen atoms in total. The highest BCUT2D eigenvalue weighted by atomic mass is 16.3. The second kappa shape index (κ2) is 9.86. The van der Waals surface area contributed by atoms with Crippen molar-refractivity contribution in [2.75, 3.05) is 0 Å². The average Bonchev–Trinajstić information content (AvgIpc) is 3.82. The third-order valence-corrected chi connectivity index (χ3v) is 9.73. The van der Waals surface area contributed by atoms with Crippen LogP contribution >= 0.6 is 0 Å². The van der Waals surface area contributed by atoms with Gasteiger partial charge in [-0.2, -0.15) is 4.98 Å². The molecule has 5 aromatic heterocycles. The van der Waals surface area contributed by atoms with Gasteiger partial charge in [-0.3, -0.25) is 9.55 Å². The lowest BCUT2D eigenvalue weighted by Crippen LogP contribution is -2.02. The Kier molecular flexibility index (Phi) is 5.29. The number of hydrogen-bond acceptors (Lipinski definition) is 5. The number of para-hydroxylation sites is 2. The van der Waals surface area contributed by atoms with Crippen molar-refractivity contribution in [1.29, 1.82) is 0 Å². The van der Waals surface area contributed by atoms with E-state index >= 15 is 0 Å². The summed E-state index contributed by atoms with van der Waals surface area (Å²) in [6, 6.07) is 46.1. The third-order valence-electron chi connectivity index (χ3n) is 9.73. The fourth-order valence-corrected chi connectivity index (χ4v) is 7.54. The van der Waals surface area contributed by atoms with Crippen LogP contribution in [0, 0.1) is 0 Å². The first kappa shape index (κ1) is 26.3. The standard InChI is InChI=1S/C43H24N4O2/c1-2-9-27-23-35-33(22-26(27)8-1)30-10-3-5-13-34(30)47(35)43-45-41(25-18-20-44-21-19-25)40-32-17-16-28(24-38(32)49-42(40)46-43)29-12-7-15-37-39(29)31-11-4-6-14-36(31)48-37/h1-24H. The molecular formula is C43H24N4O2. The molecule has 0 aliphatic rings. The summed E-state index contributed by atoms with van der Waals surface area (Å²) in [4.78, 5) is 14.8. The lowest BCUT2D eigenvalue weighted by molar-refractivity contribution is 0.651. The molecule has 0 saturated carbocycles. The Hall–Kier alpha value is -6.79. The number of rotatable bonds is 3. The minimum atomic E-state index is 0.530.